The highest BCUT2D eigenvalue weighted by Gasteiger charge is 2.08. The Morgan fingerprint density at radius 1 is 0.885 bits per heavy atom. The fourth-order valence-corrected chi connectivity index (χ4v) is 1.84. The van der Waals surface area contributed by atoms with Gasteiger partial charge in [0.05, 0.1) is 0 Å². The Morgan fingerprint density at radius 3 is 1.35 bits per heavy atom. The van der Waals surface area contributed by atoms with Crippen LogP contribution in [0.25, 0.3) is 0 Å². The number of benzene rings is 1. The first-order valence-electron chi connectivity index (χ1n) is 10.6. The van der Waals surface area contributed by atoms with Crippen molar-refractivity contribution in [3.8, 4) is 0 Å². The summed E-state index contributed by atoms with van der Waals surface area (Å²) in [5.74, 6) is -1.46. The molecule has 0 bridgehead atoms. The summed E-state index contributed by atoms with van der Waals surface area (Å²) in [5.41, 5.74) is 1.32. The average molecular weight is 377 g/mol. The third-order valence-corrected chi connectivity index (χ3v) is 2.83. The van der Waals surface area contributed by atoms with Crippen molar-refractivity contribution in [2.45, 2.75) is 114 Å². The van der Waals surface area contributed by atoms with Crippen LogP contribution in [-0.4, -0.2) is 5.92 Å². The van der Waals surface area contributed by atoms with Gasteiger partial charge in [0.25, 0.3) is 0 Å². The summed E-state index contributed by atoms with van der Waals surface area (Å²) in [7, 11) is 0. The minimum Gasteiger partial charge on any atom is -0.208 e. The molecule has 0 N–H and O–H groups in total. The van der Waals surface area contributed by atoms with Gasteiger partial charge in [-0.2, -0.15) is 0 Å². The molecule has 1 aromatic rings. The maximum atomic E-state index is 11.0. The largest absolute Gasteiger partial charge is 0.242 e. The van der Waals surface area contributed by atoms with Gasteiger partial charge in [-0.05, 0) is 26.7 Å². The summed E-state index contributed by atoms with van der Waals surface area (Å²) < 4.78 is 22.0. The highest BCUT2D eigenvalue weighted by molar-refractivity contribution is 5.11. The average Bonchev–Trinajstić information content (AvgIpc) is 2.60. The van der Waals surface area contributed by atoms with Crippen LogP contribution in [0.1, 0.15) is 108 Å². The zero-order valence-electron chi connectivity index (χ0n) is 19.5. The molecule has 2 rings (SSSR count). The summed E-state index contributed by atoms with van der Waals surface area (Å²) >= 11 is 0. The molecule has 1 aromatic carbocycles. The molecule has 1 fully saturated rings. The first-order valence-corrected chi connectivity index (χ1v) is 10.6. The van der Waals surface area contributed by atoms with E-state index in [9.17, 15) is 8.78 Å². The van der Waals surface area contributed by atoms with Crippen LogP contribution in [0.4, 0.5) is 8.78 Å². The molecular formula is C24H50F2. The monoisotopic (exact) mass is 376 g/mol. The van der Waals surface area contributed by atoms with E-state index in [1.807, 2.05) is 45.9 Å². The third-order valence-electron chi connectivity index (χ3n) is 2.83. The van der Waals surface area contributed by atoms with E-state index < -0.39 is 5.92 Å². The van der Waals surface area contributed by atoms with Gasteiger partial charge in [-0.3, -0.25) is 0 Å². The highest BCUT2D eigenvalue weighted by atomic mass is 19.3. The molecule has 0 amide bonds. The van der Waals surface area contributed by atoms with E-state index in [0.717, 1.165) is 19.8 Å². The lowest BCUT2D eigenvalue weighted by molar-refractivity contribution is 0.0437. The lowest BCUT2D eigenvalue weighted by Gasteiger charge is -2.15. The molecule has 1 aliphatic carbocycles. The maximum absolute atomic E-state index is 11.0. The molecule has 1 saturated carbocycles. The lowest BCUT2D eigenvalue weighted by atomic mass is 9.91. The normalized spacial score (nSPS) is 12.6. The van der Waals surface area contributed by atoms with E-state index in [4.69, 9.17) is 0 Å². The van der Waals surface area contributed by atoms with Gasteiger partial charge in [-0.1, -0.05) is 123 Å². The van der Waals surface area contributed by atoms with Gasteiger partial charge in [-0.25, -0.2) is 8.78 Å². The van der Waals surface area contributed by atoms with Crippen LogP contribution in [0, 0.1) is 12.8 Å². The maximum Gasteiger partial charge on any atom is 0.242 e. The molecule has 160 valence electrons. The summed E-state index contributed by atoms with van der Waals surface area (Å²) in [6, 6.07) is 10.3. The summed E-state index contributed by atoms with van der Waals surface area (Å²) in [5, 5.41) is 0. The van der Waals surface area contributed by atoms with Gasteiger partial charge in [0.15, 0.2) is 0 Å². The van der Waals surface area contributed by atoms with E-state index in [-0.39, 0.29) is 1.43 Å². The zero-order valence-corrected chi connectivity index (χ0v) is 19.5. The summed E-state index contributed by atoms with van der Waals surface area (Å²) in [6.45, 7) is 18.4. The fraction of sp³-hybridized carbons (Fsp3) is 0.750. The first kappa shape index (κ1) is 32.7. The van der Waals surface area contributed by atoms with Crippen molar-refractivity contribution in [1.82, 2.24) is 0 Å². The van der Waals surface area contributed by atoms with E-state index in [1.54, 1.807) is 0 Å². The molecule has 0 spiro atoms. The third kappa shape index (κ3) is 49.5. The Balaban J connectivity index is -0.0000000766. The predicted molar refractivity (Wildman–Crippen MR) is 120 cm³/mol. The molecule has 0 saturated heterocycles. The van der Waals surface area contributed by atoms with Crippen LogP contribution in [0.3, 0.4) is 0 Å². The Bertz CT molecular complexity index is 309. The standard InChI is InChI=1S/C7H14.C7H8.C3H6F2.C3H8.2C2H6.H2/c2*1-7-5-3-2-4-6-7;1-3(2,4)5;1-3-2;2*1-2;/h7H,2-6H2,1H3;2-6H,1H3;1-2H3;3H2,1-2H3;2*1-2H3;1H. The zero-order chi connectivity index (χ0) is 21.4. The second-order valence-electron chi connectivity index (χ2n) is 6.43. The smallest absolute Gasteiger partial charge is 0.208 e. The van der Waals surface area contributed by atoms with Crippen LogP contribution < -0.4 is 0 Å². The fourth-order valence-electron chi connectivity index (χ4n) is 1.84. The van der Waals surface area contributed by atoms with Crippen molar-refractivity contribution >= 4 is 0 Å². The Hall–Kier alpha value is -0.920. The van der Waals surface area contributed by atoms with Crippen LogP contribution >= 0.6 is 0 Å². The van der Waals surface area contributed by atoms with Gasteiger partial charge in [-0.15, -0.1) is 0 Å². The van der Waals surface area contributed by atoms with Crippen molar-refractivity contribution < 1.29 is 10.2 Å². The number of alkyl halides is 2. The van der Waals surface area contributed by atoms with E-state index >= 15 is 0 Å². The van der Waals surface area contributed by atoms with Crippen molar-refractivity contribution in [3.63, 3.8) is 0 Å². The Kier molecular flexibility index (Phi) is 33.1. The van der Waals surface area contributed by atoms with E-state index in [1.165, 1.54) is 44.1 Å². The summed E-state index contributed by atoms with van der Waals surface area (Å²) in [6.07, 6.45) is 8.69. The number of hydrogen-bond donors (Lipinski definition) is 0. The van der Waals surface area contributed by atoms with Crippen LogP contribution in [0.15, 0.2) is 30.3 Å². The van der Waals surface area contributed by atoms with E-state index in [2.05, 4.69) is 39.8 Å². The molecule has 0 aromatic heterocycles. The molecule has 2 heteroatoms. The minimum absolute atomic E-state index is 0. The number of aryl methyl sites for hydroxylation is 1. The topological polar surface area (TPSA) is 0 Å². The van der Waals surface area contributed by atoms with Crippen molar-refractivity contribution in [3.05, 3.63) is 35.9 Å². The molecule has 26 heavy (non-hydrogen) atoms. The summed E-state index contributed by atoms with van der Waals surface area (Å²) in [4.78, 5) is 0. The van der Waals surface area contributed by atoms with Gasteiger partial charge >= 0.3 is 0 Å². The van der Waals surface area contributed by atoms with E-state index in [0.29, 0.717) is 0 Å². The Labute approximate surface area is 166 Å². The highest BCUT2D eigenvalue weighted by Crippen LogP contribution is 2.22. The molecule has 0 aliphatic heterocycles. The second-order valence-corrected chi connectivity index (χ2v) is 6.43. The van der Waals surface area contributed by atoms with Crippen LogP contribution in [-0.2, 0) is 0 Å². The molecule has 0 heterocycles. The quantitative estimate of drug-likeness (QED) is 0.422. The van der Waals surface area contributed by atoms with Crippen LogP contribution in [0.2, 0.25) is 0 Å². The Morgan fingerprint density at radius 2 is 1.19 bits per heavy atom. The van der Waals surface area contributed by atoms with Crippen LogP contribution in [0.5, 0.6) is 0 Å². The lowest BCUT2D eigenvalue weighted by Crippen LogP contribution is -1.99. The molecule has 0 atom stereocenters. The number of rotatable bonds is 0. The van der Waals surface area contributed by atoms with Crippen molar-refractivity contribution in [1.29, 1.82) is 0 Å². The predicted octanol–water partition coefficient (Wildman–Crippen LogP) is 9.96. The number of hydrogen-bond acceptors (Lipinski definition) is 0. The SMILES string of the molecule is CC.CC.CC(C)(F)F.CC1CCCCC1.CCC.Cc1ccccc1.[HH]. The molecular weight excluding hydrogens is 326 g/mol. The van der Waals surface area contributed by atoms with Crippen molar-refractivity contribution in [2.75, 3.05) is 0 Å². The van der Waals surface area contributed by atoms with Gasteiger partial charge in [0.1, 0.15) is 0 Å². The first-order chi connectivity index (χ1) is 12.2. The van der Waals surface area contributed by atoms with Gasteiger partial charge in [0, 0.05) is 1.43 Å². The molecule has 0 nitrogen and oxygen atoms in total. The minimum atomic E-state index is -2.50. The molecule has 0 unspecified atom stereocenters. The molecule has 0 radical (unpaired) electrons. The van der Waals surface area contributed by atoms with Gasteiger partial charge < -0.3 is 0 Å². The van der Waals surface area contributed by atoms with Crippen molar-refractivity contribution in [2.24, 2.45) is 5.92 Å². The molecule has 1 aliphatic rings. The van der Waals surface area contributed by atoms with Gasteiger partial charge in [0.2, 0.25) is 5.92 Å². The second kappa shape index (κ2) is 26.3. The number of halogens is 2.